The third-order valence-electron chi connectivity index (χ3n) is 7.33. The highest BCUT2D eigenvalue weighted by molar-refractivity contribution is 6.90. The molecule has 5 nitrogen and oxygen atoms in total. The summed E-state index contributed by atoms with van der Waals surface area (Å²) in [4.78, 5) is 0. The molecule has 0 aliphatic heterocycles. The van der Waals surface area contributed by atoms with Gasteiger partial charge in [0.2, 0.25) is 0 Å². The number of aliphatic hydroxyl groups is 2. The largest absolute Gasteiger partial charge is 0.468 e. The van der Waals surface area contributed by atoms with Crippen molar-refractivity contribution < 1.29 is 20.3 Å². The van der Waals surface area contributed by atoms with Crippen molar-refractivity contribution in [1.29, 1.82) is 0 Å². The van der Waals surface area contributed by atoms with E-state index in [1.807, 2.05) is 0 Å². The summed E-state index contributed by atoms with van der Waals surface area (Å²) in [6.07, 6.45) is 3.44. The molecule has 0 aromatic heterocycles. The Morgan fingerprint density at radius 1 is 0.966 bits per heavy atom. The molecule has 0 amide bonds. The highest BCUT2D eigenvalue weighted by Gasteiger charge is 2.69. The normalized spacial score (nSPS) is 32.4. The first-order valence-electron chi connectivity index (χ1n) is 11.3. The summed E-state index contributed by atoms with van der Waals surface area (Å²) in [7, 11) is -4.31. The molecule has 172 valence electrons. The third-order valence-corrected chi connectivity index (χ3v) is 14.9. The Hall–Kier alpha value is 0.299. The fraction of sp³-hybridized carbons (Fsp3) is 1.00. The summed E-state index contributed by atoms with van der Waals surface area (Å²) in [6.45, 7) is 23.9. The second-order valence-electron chi connectivity index (χ2n) is 12.6. The van der Waals surface area contributed by atoms with E-state index in [4.69, 9.17) is 0 Å². The molecule has 3 fully saturated rings. The zero-order chi connectivity index (χ0) is 23.2. The lowest BCUT2D eigenvalue weighted by molar-refractivity contribution is -0.312. The van der Waals surface area contributed by atoms with Crippen LogP contribution in [-0.4, -0.2) is 65.2 Å². The van der Waals surface area contributed by atoms with Crippen molar-refractivity contribution in [2.24, 2.45) is 17.3 Å². The summed E-state index contributed by atoms with van der Waals surface area (Å²) in [6, 6.07) is 0. The molecular weight excluding hydrogens is 397 g/mol. The summed E-state index contributed by atoms with van der Waals surface area (Å²) < 4.78 is 2.49. The predicted octanol–water partition coefficient (Wildman–Crippen LogP) is 3.69. The smallest absolute Gasteiger partial charge is 0.426 e. The minimum atomic E-state index is -1.54. The molecule has 3 saturated carbocycles. The highest BCUT2D eigenvalue weighted by atomic mass is 28.4. The SMILES string of the molecule is CC(C)CC(B(O)O)N([Si](C)(C)C)[Si](C)(C)C.CC1(C)C2CC[C@](C)(O)[C@@]1(O)C2. The van der Waals surface area contributed by atoms with Crippen LogP contribution in [0.2, 0.25) is 39.3 Å². The van der Waals surface area contributed by atoms with Gasteiger partial charge in [-0.3, -0.25) is 0 Å². The quantitative estimate of drug-likeness (QED) is 0.469. The van der Waals surface area contributed by atoms with Crippen LogP contribution in [0.15, 0.2) is 0 Å². The fourth-order valence-electron chi connectivity index (χ4n) is 5.96. The van der Waals surface area contributed by atoms with Crippen LogP contribution in [0.4, 0.5) is 0 Å². The van der Waals surface area contributed by atoms with E-state index in [-0.39, 0.29) is 11.4 Å². The Morgan fingerprint density at radius 2 is 1.41 bits per heavy atom. The average Bonchev–Trinajstić information content (AvgIpc) is 2.46. The van der Waals surface area contributed by atoms with Gasteiger partial charge in [0.25, 0.3) is 0 Å². The average molecular weight is 446 g/mol. The molecule has 4 atom stereocenters. The molecule has 3 aliphatic carbocycles. The van der Waals surface area contributed by atoms with E-state index >= 15 is 0 Å². The van der Waals surface area contributed by atoms with E-state index in [9.17, 15) is 20.3 Å². The molecule has 0 heterocycles. The lowest BCUT2D eigenvalue weighted by Gasteiger charge is -2.68. The van der Waals surface area contributed by atoms with Crippen LogP contribution in [-0.2, 0) is 0 Å². The Labute approximate surface area is 182 Å². The van der Waals surface area contributed by atoms with Crippen LogP contribution in [0.5, 0.6) is 0 Å². The highest BCUT2D eigenvalue weighted by Crippen LogP contribution is 2.65. The van der Waals surface area contributed by atoms with Crippen LogP contribution in [0, 0.1) is 17.3 Å². The number of rotatable bonds is 6. The van der Waals surface area contributed by atoms with Gasteiger partial charge in [0.1, 0.15) is 16.5 Å². The molecule has 2 bridgehead atoms. The van der Waals surface area contributed by atoms with Gasteiger partial charge in [-0.15, -0.1) is 0 Å². The summed E-state index contributed by atoms with van der Waals surface area (Å²) in [5.74, 6) is 0.994. The van der Waals surface area contributed by atoms with Crippen molar-refractivity contribution >= 4 is 23.6 Å². The van der Waals surface area contributed by atoms with Crippen molar-refractivity contribution in [1.82, 2.24) is 4.23 Å². The van der Waals surface area contributed by atoms with Crippen LogP contribution in [0.1, 0.15) is 60.3 Å². The molecule has 2 unspecified atom stereocenters. The van der Waals surface area contributed by atoms with Gasteiger partial charge in [0.15, 0.2) is 0 Å². The van der Waals surface area contributed by atoms with Crippen molar-refractivity contribution in [3.63, 3.8) is 0 Å². The van der Waals surface area contributed by atoms with Gasteiger partial charge >= 0.3 is 7.12 Å². The topological polar surface area (TPSA) is 84.2 Å². The van der Waals surface area contributed by atoms with Crippen molar-refractivity contribution in [3.8, 4) is 0 Å². The van der Waals surface area contributed by atoms with E-state index in [1.54, 1.807) is 6.92 Å². The first-order valence-corrected chi connectivity index (χ1v) is 18.2. The van der Waals surface area contributed by atoms with E-state index in [0.717, 1.165) is 25.7 Å². The standard InChI is InChI=1S/C11H30BNO2Si2.C10H18O2/c1-10(2)9-11(12(14)15)13(16(3,4)5)17(6,7)8;1-8(2)7-4-5-9(3,11)10(8,12)6-7/h10-11,14-15H,9H2,1-8H3;7,11-12H,4-6H2,1-3H3/t;7?,9-,10+/m.0/s1. The maximum atomic E-state index is 10.2. The van der Waals surface area contributed by atoms with E-state index in [2.05, 4.69) is 71.2 Å². The van der Waals surface area contributed by atoms with Gasteiger partial charge in [-0.25, -0.2) is 0 Å². The zero-order valence-corrected chi connectivity index (χ0v) is 22.9. The Bertz CT molecular complexity index is 534. The Balaban J connectivity index is 0.000000304. The molecule has 0 spiro atoms. The minimum absolute atomic E-state index is 0.0885. The van der Waals surface area contributed by atoms with Gasteiger partial charge in [-0.1, -0.05) is 67.0 Å². The number of hydrogen-bond acceptors (Lipinski definition) is 5. The minimum Gasteiger partial charge on any atom is -0.426 e. The lowest BCUT2D eigenvalue weighted by Crippen LogP contribution is -2.74. The summed E-state index contributed by atoms with van der Waals surface area (Å²) in [5.41, 5.74) is -1.79. The Morgan fingerprint density at radius 3 is 1.66 bits per heavy atom. The van der Waals surface area contributed by atoms with Crippen molar-refractivity contribution in [2.75, 3.05) is 0 Å². The maximum absolute atomic E-state index is 10.2. The third kappa shape index (κ3) is 5.57. The molecule has 4 N–H and O–H groups in total. The van der Waals surface area contributed by atoms with Crippen LogP contribution >= 0.6 is 0 Å². The zero-order valence-electron chi connectivity index (χ0n) is 20.9. The van der Waals surface area contributed by atoms with Crippen molar-refractivity contribution in [2.45, 2.75) is 117 Å². The van der Waals surface area contributed by atoms with Gasteiger partial charge in [0, 0.05) is 5.94 Å². The molecule has 0 radical (unpaired) electrons. The maximum Gasteiger partial charge on any atom is 0.468 e. The van der Waals surface area contributed by atoms with Crippen molar-refractivity contribution in [3.05, 3.63) is 0 Å². The van der Waals surface area contributed by atoms with Gasteiger partial charge in [-0.2, -0.15) is 0 Å². The predicted molar refractivity (Wildman–Crippen MR) is 129 cm³/mol. The lowest BCUT2D eigenvalue weighted by atomic mass is 9.41. The van der Waals surface area contributed by atoms with E-state index in [1.165, 1.54) is 0 Å². The summed E-state index contributed by atoms with van der Waals surface area (Å²) in [5, 5.41) is 39.7. The fourth-order valence-corrected chi connectivity index (χ4v) is 16.5. The molecule has 0 saturated heterocycles. The molecule has 29 heavy (non-hydrogen) atoms. The van der Waals surface area contributed by atoms with Crippen LogP contribution < -0.4 is 0 Å². The molecule has 3 rings (SSSR count). The van der Waals surface area contributed by atoms with Gasteiger partial charge < -0.3 is 24.5 Å². The molecule has 0 aromatic rings. The monoisotopic (exact) mass is 445 g/mol. The second-order valence-corrected chi connectivity index (χ2v) is 22.7. The number of fused-ring (bicyclic) bond motifs is 2. The van der Waals surface area contributed by atoms with E-state index < -0.39 is 34.8 Å². The number of hydrogen-bond donors (Lipinski definition) is 4. The number of nitrogens with zero attached hydrogens (tertiary/aromatic N) is 1. The van der Waals surface area contributed by atoms with Crippen LogP contribution in [0.3, 0.4) is 0 Å². The molecule has 8 heteroatoms. The van der Waals surface area contributed by atoms with Gasteiger partial charge in [0.05, 0.1) is 11.2 Å². The van der Waals surface area contributed by atoms with E-state index in [0.29, 0.717) is 11.8 Å². The molecule has 0 aromatic carbocycles. The van der Waals surface area contributed by atoms with Crippen LogP contribution in [0.25, 0.3) is 0 Å². The molecule has 3 aliphatic rings. The van der Waals surface area contributed by atoms with Gasteiger partial charge in [-0.05, 0) is 49.9 Å². The molecular formula is C21H48BNO4Si2. The first-order chi connectivity index (χ1) is 12.7. The second kappa shape index (κ2) is 8.68. The summed E-state index contributed by atoms with van der Waals surface area (Å²) >= 11 is 0. The first kappa shape index (κ1) is 27.3. The Kier molecular flexibility index (Phi) is 8.18.